The van der Waals surface area contributed by atoms with Crippen LogP contribution in [0.2, 0.25) is 0 Å². The summed E-state index contributed by atoms with van der Waals surface area (Å²) < 4.78 is 0. The molecule has 0 aromatic carbocycles. The van der Waals surface area contributed by atoms with E-state index in [1.807, 2.05) is 0 Å². The first kappa shape index (κ1) is 15.9. The Hall–Kier alpha value is -0.120. The monoisotopic (exact) mass is 256 g/mol. The van der Waals surface area contributed by atoms with E-state index in [4.69, 9.17) is 10.8 Å². The van der Waals surface area contributed by atoms with Crippen molar-refractivity contribution in [3.63, 3.8) is 0 Å². The number of nitrogens with two attached hydrogens (primary N) is 1. The number of rotatable bonds is 6. The first-order valence-electron chi connectivity index (χ1n) is 7.49. The minimum absolute atomic E-state index is 0.164. The van der Waals surface area contributed by atoms with Gasteiger partial charge in [0.15, 0.2) is 0 Å². The van der Waals surface area contributed by atoms with Crippen molar-refractivity contribution >= 4 is 0 Å². The van der Waals surface area contributed by atoms with E-state index in [1.54, 1.807) is 0 Å². The van der Waals surface area contributed by atoms with E-state index in [2.05, 4.69) is 26.1 Å². The largest absolute Gasteiger partial charge is 0.396 e. The molecule has 0 aromatic heterocycles. The van der Waals surface area contributed by atoms with Crippen LogP contribution in [-0.2, 0) is 0 Å². The molecule has 0 unspecified atom stereocenters. The van der Waals surface area contributed by atoms with Gasteiger partial charge < -0.3 is 16.2 Å². The molecule has 1 rings (SSSR count). The van der Waals surface area contributed by atoms with Gasteiger partial charge in [0.2, 0.25) is 0 Å². The van der Waals surface area contributed by atoms with E-state index in [9.17, 15) is 0 Å². The standard InChI is InChI=1S/C15H32N2O/c1-14(2,3)13-6-8-15(12-16,9-7-13)17-10-4-5-11-18/h13,17-18H,4-12,16H2,1-3H3. The van der Waals surface area contributed by atoms with Gasteiger partial charge in [-0.3, -0.25) is 0 Å². The molecule has 1 saturated carbocycles. The molecule has 1 aliphatic carbocycles. The normalized spacial score (nSPS) is 29.5. The average molecular weight is 256 g/mol. The molecule has 0 spiro atoms. The van der Waals surface area contributed by atoms with Crippen LogP contribution in [0.3, 0.4) is 0 Å². The highest BCUT2D eigenvalue weighted by molar-refractivity contribution is 4.95. The molecule has 1 fully saturated rings. The SMILES string of the molecule is CC(C)(C)C1CCC(CN)(NCCCCO)CC1. The van der Waals surface area contributed by atoms with Crippen LogP contribution >= 0.6 is 0 Å². The Kier molecular flexibility index (Phi) is 6.09. The van der Waals surface area contributed by atoms with Crippen molar-refractivity contribution in [3.05, 3.63) is 0 Å². The number of aliphatic hydroxyl groups is 1. The fourth-order valence-electron chi connectivity index (χ4n) is 3.08. The molecule has 0 amide bonds. The first-order chi connectivity index (χ1) is 8.43. The molecule has 3 nitrogen and oxygen atoms in total. The Balaban J connectivity index is 2.40. The Morgan fingerprint density at radius 1 is 1.22 bits per heavy atom. The maximum absolute atomic E-state index is 8.80. The highest BCUT2D eigenvalue weighted by Gasteiger charge is 2.37. The van der Waals surface area contributed by atoms with E-state index in [1.165, 1.54) is 25.7 Å². The Morgan fingerprint density at radius 2 is 1.83 bits per heavy atom. The third kappa shape index (κ3) is 4.52. The van der Waals surface area contributed by atoms with Gasteiger partial charge in [0.1, 0.15) is 0 Å². The van der Waals surface area contributed by atoms with Crippen LogP contribution in [0.4, 0.5) is 0 Å². The molecule has 0 atom stereocenters. The average Bonchev–Trinajstić information content (AvgIpc) is 2.34. The highest BCUT2D eigenvalue weighted by Crippen LogP contribution is 2.41. The van der Waals surface area contributed by atoms with Gasteiger partial charge in [-0.15, -0.1) is 0 Å². The first-order valence-corrected chi connectivity index (χ1v) is 7.49. The smallest absolute Gasteiger partial charge is 0.0431 e. The molecule has 18 heavy (non-hydrogen) atoms. The minimum atomic E-state index is 0.164. The summed E-state index contributed by atoms with van der Waals surface area (Å²) in [4.78, 5) is 0. The number of hydrogen-bond donors (Lipinski definition) is 3. The van der Waals surface area contributed by atoms with Crippen LogP contribution in [0.5, 0.6) is 0 Å². The zero-order chi connectivity index (χ0) is 13.6. The summed E-state index contributed by atoms with van der Waals surface area (Å²) in [6.07, 6.45) is 6.90. The van der Waals surface area contributed by atoms with Crippen LogP contribution in [-0.4, -0.2) is 30.3 Å². The van der Waals surface area contributed by atoms with E-state index in [0.717, 1.165) is 31.8 Å². The third-order valence-corrected chi connectivity index (χ3v) is 4.64. The van der Waals surface area contributed by atoms with Crippen LogP contribution in [0.1, 0.15) is 59.3 Å². The molecule has 0 aliphatic heterocycles. The third-order valence-electron chi connectivity index (χ3n) is 4.64. The minimum Gasteiger partial charge on any atom is -0.396 e. The predicted octanol–water partition coefficient (Wildman–Crippen LogP) is 2.28. The summed E-state index contributed by atoms with van der Waals surface area (Å²) in [6, 6.07) is 0. The zero-order valence-electron chi connectivity index (χ0n) is 12.5. The summed E-state index contributed by atoms with van der Waals surface area (Å²) in [7, 11) is 0. The zero-order valence-corrected chi connectivity index (χ0v) is 12.5. The lowest BCUT2D eigenvalue weighted by molar-refractivity contribution is 0.117. The lowest BCUT2D eigenvalue weighted by atomic mass is 9.67. The second kappa shape index (κ2) is 6.88. The lowest BCUT2D eigenvalue weighted by Crippen LogP contribution is -2.54. The molecular weight excluding hydrogens is 224 g/mol. The van der Waals surface area contributed by atoms with Gasteiger partial charge in [-0.25, -0.2) is 0 Å². The van der Waals surface area contributed by atoms with Gasteiger partial charge in [-0.1, -0.05) is 20.8 Å². The molecule has 0 saturated heterocycles. The van der Waals surface area contributed by atoms with Crippen molar-refractivity contribution in [3.8, 4) is 0 Å². The van der Waals surface area contributed by atoms with Crippen LogP contribution in [0.15, 0.2) is 0 Å². The van der Waals surface area contributed by atoms with Crippen molar-refractivity contribution in [2.24, 2.45) is 17.1 Å². The molecule has 0 aromatic rings. The van der Waals surface area contributed by atoms with E-state index in [0.29, 0.717) is 12.0 Å². The molecule has 4 N–H and O–H groups in total. The fraction of sp³-hybridized carbons (Fsp3) is 1.00. The summed E-state index contributed by atoms with van der Waals surface area (Å²) in [6.45, 7) is 9.07. The lowest BCUT2D eigenvalue weighted by Gasteiger charge is -2.44. The molecule has 0 radical (unpaired) electrons. The van der Waals surface area contributed by atoms with Crippen molar-refractivity contribution in [1.29, 1.82) is 0 Å². The fourth-order valence-corrected chi connectivity index (χ4v) is 3.08. The molecule has 3 heteroatoms. The molecule has 108 valence electrons. The molecule has 0 bridgehead atoms. The molecular formula is C15H32N2O. The molecule has 1 aliphatic rings. The van der Waals surface area contributed by atoms with Gasteiger partial charge in [0, 0.05) is 18.7 Å². The second-order valence-corrected chi connectivity index (χ2v) is 6.98. The predicted molar refractivity (Wildman–Crippen MR) is 77.5 cm³/mol. The summed E-state index contributed by atoms with van der Waals surface area (Å²) in [5.41, 5.74) is 6.59. The van der Waals surface area contributed by atoms with Gasteiger partial charge in [-0.2, -0.15) is 0 Å². The maximum Gasteiger partial charge on any atom is 0.0431 e. The number of hydrogen-bond acceptors (Lipinski definition) is 3. The Morgan fingerprint density at radius 3 is 2.28 bits per heavy atom. The van der Waals surface area contributed by atoms with Crippen molar-refractivity contribution in [1.82, 2.24) is 5.32 Å². The van der Waals surface area contributed by atoms with Crippen molar-refractivity contribution in [2.45, 2.75) is 64.8 Å². The van der Waals surface area contributed by atoms with Crippen LogP contribution < -0.4 is 11.1 Å². The van der Waals surface area contributed by atoms with Crippen LogP contribution in [0.25, 0.3) is 0 Å². The summed E-state index contributed by atoms with van der Waals surface area (Å²) >= 11 is 0. The van der Waals surface area contributed by atoms with Gasteiger partial charge in [0.05, 0.1) is 0 Å². The topological polar surface area (TPSA) is 58.3 Å². The maximum atomic E-state index is 8.80. The second-order valence-electron chi connectivity index (χ2n) is 6.98. The summed E-state index contributed by atoms with van der Waals surface area (Å²) in [5, 5.41) is 12.5. The van der Waals surface area contributed by atoms with Gasteiger partial charge >= 0.3 is 0 Å². The number of nitrogens with one attached hydrogen (secondary N) is 1. The highest BCUT2D eigenvalue weighted by atomic mass is 16.2. The van der Waals surface area contributed by atoms with E-state index in [-0.39, 0.29) is 5.54 Å². The van der Waals surface area contributed by atoms with Gasteiger partial charge in [-0.05, 0) is 56.4 Å². The summed E-state index contributed by atoms with van der Waals surface area (Å²) in [5.74, 6) is 0.830. The van der Waals surface area contributed by atoms with Crippen LogP contribution in [0, 0.1) is 11.3 Å². The van der Waals surface area contributed by atoms with E-state index < -0.39 is 0 Å². The Bertz CT molecular complexity index is 227. The quantitative estimate of drug-likeness (QED) is 0.639. The number of unbranched alkanes of at least 4 members (excludes halogenated alkanes) is 1. The van der Waals surface area contributed by atoms with E-state index >= 15 is 0 Å². The van der Waals surface area contributed by atoms with Crippen molar-refractivity contribution < 1.29 is 5.11 Å². The molecule has 0 heterocycles. The Labute approximate surface area is 113 Å². The number of aliphatic hydroxyl groups excluding tert-OH is 1. The van der Waals surface area contributed by atoms with Gasteiger partial charge in [0.25, 0.3) is 0 Å². The van der Waals surface area contributed by atoms with Crippen molar-refractivity contribution in [2.75, 3.05) is 19.7 Å².